The van der Waals surface area contributed by atoms with Crippen LogP contribution in [-0.2, 0) is 14.3 Å². The van der Waals surface area contributed by atoms with E-state index in [-0.39, 0.29) is 36.7 Å². The van der Waals surface area contributed by atoms with E-state index in [1.54, 1.807) is 6.92 Å². The first-order valence-corrected chi connectivity index (χ1v) is 8.81. The smallest absolute Gasteiger partial charge is 0.308 e. The van der Waals surface area contributed by atoms with Crippen molar-refractivity contribution in [3.8, 4) is 0 Å². The lowest BCUT2D eigenvalue weighted by Crippen LogP contribution is -2.31. The molecule has 0 aromatic heterocycles. The highest BCUT2D eigenvalue weighted by Gasteiger charge is 2.22. The van der Waals surface area contributed by atoms with E-state index in [0.29, 0.717) is 18.9 Å². The van der Waals surface area contributed by atoms with Gasteiger partial charge in [0.2, 0.25) is 5.91 Å². The van der Waals surface area contributed by atoms with Gasteiger partial charge in [0.15, 0.2) is 0 Å². The van der Waals surface area contributed by atoms with E-state index in [4.69, 9.17) is 4.74 Å². The van der Waals surface area contributed by atoms with Crippen LogP contribution < -0.4 is 10.6 Å². The summed E-state index contributed by atoms with van der Waals surface area (Å²) in [6.07, 6.45) is 2.68. The van der Waals surface area contributed by atoms with Gasteiger partial charge in [-0.1, -0.05) is 24.3 Å². The van der Waals surface area contributed by atoms with Crippen LogP contribution in [0.1, 0.15) is 49.8 Å². The van der Waals surface area contributed by atoms with Crippen LogP contribution in [0.3, 0.4) is 0 Å². The van der Waals surface area contributed by atoms with E-state index in [0.717, 1.165) is 37.1 Å². The fourth-order valence-corrected chi connectivity index (χ4v) is 3.17. The van der Waals surface area contributed by atoms with Gasteiger partial charge in [-0.3, -0.25) is 9.59 Å². The van der Waals surface area contributed by atoms with Crippen molar-refractivity contribution in [2.45, 2.75) is 45.6 Å². The van der Waals surface area contributed by atoms with Gasteiger partial charge in [0.05, 0.1) is 19.1 Å². The van der Waals surface area contributed by atoms with Gasteiger partial charge in [0.25, 0.3) is 0 Å². The minimum Gasteiger partial charge on any atom is -0.466 e. The molecule has 1 amide bonds. The summed E-state index contributed by atoms with van der Waals surface area (Å²) in [6, 6.07) is 7.50. The third-order valence-corrected chi connectivity index (χ3v) is 4.52. The number of rotatable bonds is 8. The molecule has 1 aliphatic heterocycles. The molecular formula is C19H29ClN2O3. The summed E-state index contributed by atoms with van der Waals surface area (Å²) < 4.78 is 5.06. The molecule has 0 radical (unpaired) electrons. The second kappa shape index (κ2) is 11.1. The molecule has 25 heavy (non-hydrogen) atoms. The fourth-order valence-electron chi connectivity index (χ4n) is 3.17. The zero-order chi connectivity index (χ0) is 17.4. The van der Waals surface area contributed by atoms with Crippen molar-refractivity contribution >= 4 is 24.3 Å². The number of nitrogens with one attached hydrogen (secondary N) is 2. The van der Waals surface area contributed by atoms with Gasteiger partial charge in [-0.05, 0) is 56.8 Å². The maximum Gasteiger partial charge on any atom is 0.308 e. The highest BCUT2D eigenvalue weighted by atomic mass is 35.5. The van der Waals surface area contributed by atoms with E-state index in [1.165, 1.54) is 0 Å². The summed E-state index contributed by atoms with van der Waals surface area (Å²) in [5.74, 6) is 0.295. The SMILES string of the molecule is CCOC(=O)CC(NC(=O)CCC1CCNC1)c1ccccc1C.Cl. The van der Waals surface area contributed by atoms with Gasteiger partial charge in [0, 0.05) is 6.42 Å². The summed E-state index contributed by atoms with van der Waals surface area (Å²) in [4.78, 5) is 24.3. The van der Waals surface area contributed by atoms with Crippen molar-refractivity contribution in [2.75, 3.05) is 19.7 Å². The molecule has 1 aromatic carbocycles. The number of benzene rings is 1. The lowest BCUT2D eigenvalue weighted by atomic mass is 9.98. The van der Waals surface area contributed by atoms with Crippen LogP contribution in [0.15, 0.2) is 24.3 Å². The Morgan fingerprint density at radius 2 is 2.12 bits per heavy atom. The van der Waals surface area contributed by atoms with Crippen molar-refractivity contribution < 1.29 is 14.3 Å². The minimum absolute atomic E-state index is 0. The first kappa shape index (κ1) is 21.5. The molecule has 2 N–H and O–H groups in total. The monoisotopic (exact) mass is 368 g/mol. The molecule has 2 rings (SSSR count). The third-order valence-electron chi connectivity index (χ3n) is 4.52. The summed E-state index contributed by atoms with van der Waals surface area (Å²) >= 11 is 0. The molecule has 0 aliphatic carbocycles. The zero-order valence-electron chi connectivity index (χ0n) is 15.0. The van der Waals surface area contributed by atoms with E-state index in [1.807, 2.05) is 31.2 Å². The van der Waals surface area contributed by atoms with E-state index >= 15 is 0 Å². The van der Waals surface area contributed by atoms with Gasteiger partial charge in [-0.2, -0.15) is 0 Å². The lowest BCUT2D eigenvalue weighted by molar-refractivity contribution is -0.143. The van der Waals surface area contributed by atoms with Crippen LogP contribution in [0.4, 0.5) is 0 Å². The highest BCUT2D eigenvalue weighted by molar-refractivity contribution is 5.85. The number of carbonyl (C=O) groups excluding carboxylic acids is 2. The van der Waals surface area contributed by atoms with Gasteiger partial charge in [0.1, 0.15) is 0 Å². The molecule has 0 saturated carbocycles. The van der Waals surface area contributed by atoms with E-state index in [2.05, 4.69) is 10.6 Å². The quantitative estimate of drug-likeness (QED) is 0.692. The normalized spacial score (nSPS) is 17.4. The average Bonchev–Trinajstić information content (AvgIpc) is 3.06. The van der Waals surface area contributed by atoms with Gasteiger partial charge in [-0.15, -0.1) is 12.4 Å². The van der Waals surface area contributed by atoms with E-state index < -0.39 is 0 Å². The Morgan fingerprint density at radius 3 is 2.76 bits per heavy atom. The molecule has 2 unspecified atom stereocenters. The number of amides is 1. The molecule has 2 atom stereocenters. The topological polar surface area (TPSA) is 67.4 Å². The maximum absolute atomic E-state index is 12.4. The predicted octanol–water partition coefficient (Wildman–Crippen LogP) is 2.92. The minimum atomic E-state index is -0.334. The maximum atomic E-state index is 12.4. The molecule has 0 bridgehead atoms. The molecule has 1 aliphatic rings. The van der Waals surface area contributed by atoms with Crippen LogP contribution in [0.25, 0.3) is 0 Å². The molecule has 1 saturated heterocycles. The van der Waals surface area contributed by atoms with Gasteiger partial charge in [-0.25, -0.2) is 0 Å². The Kier molecular flexibility index (Phi) is 9.53. The summed E-state index contributed by atoms with van der Waals surface area (Å²) in [5, 5.41) is 6.34. The molecule has 1 aromatic rings. The first-order chi connectivity index (χ1) is 11.6. The van der Waals surface area contributed by atoms with Crippen LogP contribution in [0.5, 0.6) is 0 Å². The van der Waals surface area contributed by atoms with Crippen LogP contribution >= 0.6 is 12.4 Å². The first-order valence-electron chi connectivity index (χ1n) is 8.81. The Balaban J connectivity index is 0.00000312. The second-order valence-corrected chi connectivity index (χ2v) is 6.38. The number of ether oxygens (including phenoxy) is 1. The number of hydrogen-bond acceptors (Lipinski definition) is 4. The van der Waals surface area contributed by atoms with Crippen LogP contribution in [0.2, 0.25) is 0 Å². The molecule has 0 spiro atoms. The molecule has 6 heteroatoms. The molecule has 140 valence electrons. The van der Waals surface area contributed by atoms with Crippen molar-refractivity contribution in [1.82, 2.24) is 10.6 Å². The highest BCUT2D eigenvalue weighted by Crippen LogP contribution is 2.22. The van der Waals surface area contributed by atoms with Crippen molar-refractivity contribution in [2.24, 2.45) is 5.92 Å². The summed E-state index contributed by atoms with van der Waals surface area (Å²) in [5.41, 5.74) is 2.04. The Hall–Kier alpha value is -1.59. The Bertz CT molecular complexity index is 559. The van der Waals surface area contributed by atoms with E-state index in [9.17, 15) is 9.59 Å². The third kappa shape index (κ3) is 7.04. The molecule has 1 fully saturated rings. The number of hydrogen-bond donors (Lipinski definition) is 2. The van der Waals surface area contributed by atoms with Crippen LogP contribution in [-0.4, -0.2) is 31.6 Å². The molecule has 5 nitrogen and oxygen atoms in total. The number of esters is 1. The fraction of sp³-hybridized carbons (Fsp3) is 0.579. The number of carbonyl (C=O) groups is 2. The zero-order valence-corrected chi connectivity index (χ0v) is 15.9. The van der Waals surface area contributed by atoms with Crippen molar-refractivity contribution in [1.29, 1.82) is 0 Å². The number of aryl methyl sites for hydroxylation is 1. The predicted molar refractivity (Wildman–Crippen MR) is 101 cm³/mol. The van der Waals surface area contributed by atoms with Crippen molar-refractivity contribution in [3.63, 3.8) is 0 Å². The Labute approximate surface area is 156 Å². The Morgan fingerprint density at radius 1 is 1.36 bits per heavy atom. The van der Waals surface area contributed by atoms with Gasteiger partial charge >= 0.3 is 5.97 Å². The molecular weight excluding hydrogens is 340 g/mol. The van der Waals surface area contributed by atoms with Crippen LogP contribution in [0, 0.1) is 12.8 Å². The second-order valence-electron chi connectivity index (χ2n) is 6.38. The lowest BCUT2D eigenvalue weighted by Gasteiger charge is -2.21. The summed E-state index contributed by atoms with van der Waals surface area (Å²) in [7, 11) is 0. The van der Waals surface area contributed by atoms with Crippen molar-refractivity contribution in [3.05, 3.63) is 35.4 Å². The average molecular weight is 369 g/mol. The number of halogens is 1. The summed E-state index contributed by atoms with van der Waals surface area (Å²) in [6.45, 7) is 6.17. The largest absolute Gasteiger partial charge is 0.466 e. The molecule has 1 heterocycles. The van der Waals surface area contributed by atoms with Gasteiger partial charge < -0.3 is 15.4 Å². The standard InChI is InChI=1S/C19H28N2O3.ClH/c1-3-24-19(23)12-17(16-7-5-4-6-14(16)2)21-18(22)9-8-15-10-11-20-13-15;/h4-7,15,17,20H,3,8-13H2,1-2H3,(H,21,22);1H.